The van der Waals surface area contributed by atoms with E-state index in [9.17, 15) is 9.59 Å². The third-order valence-electron chi connectivity index (χ3n) is 4.82. The third-order valence-corrected chi connectivity index (χ3v) is 4.82. The summed E-state index contributed by atoms with van der Waals surface area (Å²) in [5, 5.41) is 3.05. The topological polar surface area (TPSA) is 64.6 Å². The molecule has 0 fully saturated rings. The number of Topliss-reactive ketones (excluding diaryl/α,β-unsaturated/α-hetero) is 1. The Morgan fingerprint density at radius 3 is 2.79 bits per heavy atom. The van der Waals surface area contributed by atoms with Gasteiger partial charge in [-0.1, -0.05) is 18.2 Å². The van der Waals surface area contributed by atoms with Crippen LogP contribution in [-0.4, -0.2) is 37.1 Å². The zero-order chi connectivity index (χ0) is 21.4. The number of amides is 1. The second kappa shape index (κ2) is 10.8. The Morgan fingerprint density at radius 1 is 1.34 bits per heavy atom. The monoisotopic (exact) mass is 395 g/mol. The molecule has 0 saturated heterocycles. The molecule has 0 aliphatic carbocycles. The van der Waals surface area contributed by atoms with Gasteiger partial charge in [0.05, 0.1) is 6.10 Å². The van der Waals surface area contributed by atoms with Crippen molar-refractivity contribution < 1.29 is 19.1 Å². The number of rotatable bonds is 10. The normalized spacial score (nSPS) is 16.0. The number of nitrogens with one attached hydrogen (secondary N) is 1. The fourth-order valence-corrected chi connectivity index (χ4v) is 3.60. The van der Waals surface area contributed by atoms with Crippen LogP contribution in [0, 0.1) is 12.3 Å². The van der Waals surface area contributed by atoms with Crippen molar-refractivity contribution in [1.82, 2.24) is 5.32 Å². The molecule has 1 aromatic rings. The lowest BCUT2D eigenvalue weighted by Crippen LogP contribution is -2.44. The molecule has 0 radical (unpaired) electrons. The minimum atomic E-state index is -0.323. The summed E-state index contributed by atoms with van der Waals surface area (Å²) in [7, 11) is 0.810. The van der Waals surface area contributed by atoms with Crippen molar-refractivity contribution in [2.24, 2.45) is 0 Å². The number of hydrogen-bond acceptors (Lipinski definition) is 4. The predicted molar refractivity (Wildman–Crippen MR) is 116 cm³/mol. The largest absolute Gasteiger partial charge is 0.463 e. The smallest absolute Gasteiger partial charge is 0.272 e. The van der Waals surface area contributed by atoms with Crippen LogP contribution in [0.4, 0.5) is 0 Å². The molecule has 2 unspecified atom stereocenters. The van der Waals surface area contributed by atoms with E-state index in [0.717, 1.165) is 36.7 Å². The molecule has 0 bridgehead atoms. The molecule has 1 aromatic carbocycles. The lowest BCUT2D eigenvalue weighted by molar-refractivity contribution is -0.121. The molecule has 6 heteroatoms. The Labute approximate surface area is 174 Å². The number of hydrogen-bond donors (Lipinski definition) is 1. The molecule has 29 heavy (non-hydrogen) atoms. The molecule has 0 aromatic heterocycles. The van der Waals surface area contributed by atoms with E-state index in [1.807, 2.05) is 39.0 Å². The van der Waals surface area contributed by atoms with Crippen LogP contribution in [0.3, 0.4) is 0 Å². The summed E-state index contributed by atoms with van der Waals surface area (Å²) in [5.74, 6) is 2.83. The summed E-state index contributed by atoms with van der Waals surface area (Å²) in [4.78, 5) is 24.8. The molecule has 1 aliphatic heterocycles. The van der Waals surface area contributed by atoms with E-state index in [1.165, 1.54) is 0 Å². The van der Waals surface area contributed by atoms with Crippen LogP contribution in [0.2, 0.25) is 0 Å². The van der Waals surface area contributed by atoms with E-state index in [2.05, 4.69) is 17.8 Å². The van der Waals surface area contributed by atoms with Crippen molar-refractivity contribution in [1.29, 1.82) is 0 Å². The van der Waals surface area contributed by atoms with E-state index < -0.39 is 0 Å². The number of fused-ring (bicyclic) bond motifs is 1. The fourth-order valence-electron chi connectivity index (χ4n) is 3.60. The van der Waals surface area contributed by atoms with Crippen molar-refractivity contribution in [2.75, 3.05) is 0 Å². The second-order valence-corrected chi connectivity index (χ2v) is 7.75. The van der Waals surface area contributed by atoms with Gasteiger partial charge in [-0.2, -0.15) is 0 Å². The van der Waals surface area contributed by atoms with E-state index in [4.69, 9.17) is 15.9 Å². The van der Waals surface area contributed by atoms with Gasteiger partial charge in [-0.15, -0.1) is 12.3 Å². The van der Waals surface area contributed by atoms with Crippen LogP contribution in [0.5, 0.6) is 0 Å². The van der Waals surface area contributed by atoms with Gasteiger partial charge in [0.15, 0.2) is 13.1 Å². The summed E-state index contributed by atoms with van der Waals surface area (Å²) in [6, 6.07) is 5.81. The average molecular weight is 395 g/mol. The van der Waals surface area contributed by atoms with Gasteiger partial charge in [0.2, 0.25) is 5.91 Å². The van der Waals surface area contributed by atoms with Crippen LogP contribution < -0.4 is 5.32 Å². The number of carbonyl (C=O) groups excluding carboxylic acids is 2. The maximum atomic E-state index is 12.9. The Hall–Kier alpha value is -2.68. The van der Waals surface area contributed by atoms with Gasteiger partial charge in [0, 0.05) is 30.8 Å². The van der Waals surface area contributed by atoms with Crippen LogP contribution in [0.15, 0.2) is 30.7 Å². The zero-order valence-corrected chi connectivity index (χ0v) is 17.6. The summed E-state index contributed by atoms with van der Waals surface area (Å²) in [6.45, 7) is 9.36. The van der Waals surface area contributed by atoms with Gasteiger partial charge in [-0.25, -0.2) is 0 Å². The highest BCUT2D eigenvalue weighted by atomic mass is 16.7. The molecule has 2 atom stereocenters. The first kappa shape index (κ1) is 22.6. The lowest BCUT2D eigenvalue weighted by Gasteiger charge is -2.26. The second-order valence-electron chi connectivity index (χ2n) is 7.75. The molecule has 0 saturated carbocycles. The summed E-state index contributed by atoms with van der Waals surface area (Å²) in [6.07, 6.45) is 7.41. The Kier molecular flexibility index (Phi) is 8.39. The third kappa shape index (κ3) is 7.01. The van der Waals surface area contributed by atoms with Gasteiger partial charge in [0.25, 0.3) is 5.95 Å². The molecule has 1 heterocycles. The minimum absolute atomic E-state index is 0.0153. The van der Waals surface area contributed by atoms with Gasteiger partial charge in [0.1, 0.15) is 6.10 Å². The number of terminal acetylenes is 1. The van der Waals surface area contributed by atoms with Gasteiger partial charge < -0.3 is 14.8 Å². The minimum Gasteiger partial charge on any atom is -0.463 e. The SMILES string of the molecule is C#CCCC(=O)NC1BCc2c(cccc2C(=O)CC(C)OC(=C)OC(C)C)C1. The van der Waals surface area contributed by atoms with E-state index in [-0.39, 0.29) is 42.2 Å². The van der Waals surface area contributed by atoms with Crippen molar-refractivity contribution in [3.05, 3.63) is 47.4 Å². The summed E-state index contributed by atoms with van der Waals surface area (Å²) in [5.41, 5.74) is 2.94. The van der Waals surface area contributed by atoms with Crippen LogP contribution >= 0.6 is 0 Å². The fraction of sp³-hybridized carbons (Fsp3) is 0.478. The zero-order valence-electron chi connectivity index (χ0n) is 17.6. The first-order valence-electron chi connectivity index (χ1n) is 10.2. The van der Waals surface area contributed by atoms with Crippen molar-refractivity contribution >= 4 is 19.0 Å². The molecular weight excluding hydrogens is 365 g/mol. The molecule has 1 amide bonds. The average Bonchev–Trinajstić information content (AvgIpc) is 2.64. The van der Waals surface area contributed by atoms with Crippen molar-refractivity contribution in [2.45, 2.75) is 70.9 Å². The summed E-state index contributed by atoms with van der Waals surface area (Å²) < 4.78 is 11.0. The maximum Gasteiger partial charge on any atom is 0.272 e. The molecule has 1 N–H and O–H groups in total. The number of ether oxygens (including phenoxy) is 2. The summed E-state index contributed by atoms with van der Waals surface area (Å²) >= 11 is 0. The molecule has 2 rings (SSSR count). The Balaban J connectivity index is 1.98. The van der Waals surface area contributed by atoms with Crippen molar-refractivity contribution in [3.8, 4) is 12.3 Å². The van der Waals surface area contributed by atoms with Gasteiger partial charge in [-0.05, 0) is 51.2 Å². The van der Waals surface area contributed by atoms with Gasteiger partial charge >= 0.3 is 0 Å². The molecule has 154 valence electrons. The lowest BCUT2D eigenvalue weighted by atomic mass is 9.57. The molecule has 1 aliphatic rings. The Morgan fingerprint density at radius 2 is 2.10 bits per heavy atom. The van der Waals surface area contributed by atoms with Crippen LogP contribution in [0.1, 0.15) is 61.5 Å². The first-order valence-corrected chi connectivity index (χ1v) is 10.2. The van der Waals surface area contributed by atoms with Crippen molar-refractivity contribution in [3.63, 3.8) is 0 Å². The molecular formula is C23H30BNO4. The predicted octanol–water partition coefficient (Wildman–Crippen LogP) is 2.91. The van der Waals surface area contributed by atoms with Crippen LogP contribution in [0.25, 0.3) is 0 Å². The highest BCUT2D eigenvalue weighted by Gasteiger charge is 2.25. The number of ketones is 1. The number of benzene rings is 1. The Bertz CT molecular complexity index is 797. The van der Waals surface area contributed by atoms with Gasteiger partial charge in [-0.3, -0.25) is 9.59 Å². The van der Waals surface area contributed by atoms with E-state index in [0.29, 0.717) is 12.8 Å². The highest BCUT2D eigenvalue weighted by Crippen LogP contribution is 2.24. The maximum absolute atomic E-state index is 12.9. The first-order chi connectivity index (χ1) is 13.8. The molecule has 5 nitrogen and oxygen atoms in total. The van der Waals surface area contributed by atoms with E-state index in [1.54, 1.807) is 0 Å². The molecule has 0 spiro atoms. The van der Waals surface area contributed by atoms with E-state index >= 15 is 0 Å². The highest BCUT2D eigenvalue weighted by molar-refractivity contribution is 6.38. The quantitative estimate of drug-likeness (QED) is 0.286. The van der Waals surface area contributed by atoms with Crippen LogP contribution in [-0.2, 0) is 27.0 Å². The standard InChI is InChI=1S/C23H30BNO4/c1-6-7-11-23(27)25-22-13-18-9-8-10-19(20(18)14-24-22)21(26)12-16(4)29-17(5)28-15(2)3/h1,8-10,15-16,22,24H,5,7,11-14H2,2-4H3,(H,25,27). The number of carbonyl (C=O) groups is 2.